The van der Waals surface area contributed by atoms with Gasteiger partial charge in [0.1, 0.15) is 0 Å². The van der Waals surface area contributed by atoms with Gasteiger partial charge in [0, 0.05) is 0 Å². The van der Waals surface area contributed by atoms with Crippen molar-refractivity contribution in [1.82, 2.24) is 0 Å². The molecule has 0 bridgehead atoms. The number of rotatable bonds is 10. The topological polar surface area (TPSA) is 52.6 Å². The molecule has 0 radical (unpaired) electrons. The highest BCUT2D eigenvalue weighted by molar-refractivity contribution is 5.89. The van der Waals surface area contributed by atoms with Crippen molar-refractivity contribution in [2.45, 2.75) is 32.1 Å². The SMILES string of the molecule is O=C(OCCCCCCCOC(=O)c1ccccc1)c1ccccc1. The summed E-state index contributed by atoms with van der Waals surface area (Å²) in [5.41, 5.74) is 1.17. The van der Waals surface area contributed by atoms with Crippen molar-refractivity contribution in [3.63, 3.8) is 0 Å². The number of hydrogen-bond donors (Lipinski definition) is 0. The minimum atomic E-state index is -0.270. The van der Waals surface area contributed by atoms with Gasteiger partial charge in [0.15, 0.2) is 0 Å². The summed E-state index contributed by atoms with van der Waals surface area (Å²) in [5.74, 6) is -0.540. The second-order valence-corrected chi connectivity index (χ2v) is 5.77. The lowest BCUT2D eigenvalue weighted by molar-refractivity contribution is 0.0496. The average Bonchev–Trinajstić information content (AvgIpc) is 2.67. The highest BCUT2D eigenvalue weighted by Crippen LogP contribution is 2.07. The largest absolute Gasteiger partial charge is 0.462 e. The number of carbonyl (C=O) groups is 2. The zero-order valence-corrected chi connectivity index (χ0v) is 14.4. The van der Waals surface area contributed by atoms with E-state index in [0.29, 0.717) is 24.3 Å². The lowest BCUT2D eigenvalue weighted by Crippen LogP contribution is -2.06. The van der Waals surface area contributed by atoms with Crippen LogP contribution in [0.15, 0.2) is 60.7 Å². The molecule has 0 aliphatic heterocycles. The summed E-state index contributed by atoms with van der Waals surface area (Å²) in [5, 5.41) is 0. The first-order valence-electron chi connectivity index (χ1n) is 8.72. The molecule has 4 nitrogen and oxygen atoms in total. The summed E-state index contributed by atoms with van der Waals surface area (Å²) in [6.45, 7) is 0.882. The van der Waals surface area contributed by atoms with E-state index in [4.69, 9.17) is 9.47 Å². The molecule has 0 saturated carbocycles. The summed E-state index contributed by atoms with van der Waals surface area (Å²) in [6, 6.07) is 18.0. The van der Waals surface area contributed by atoms with E-state index in [2.05, 4.69) is 0 Å². The molecule has 0 N–H and O–H groups in total. The minimum absolute atomic E-state index is 0.270. The standard InChI is InChI=1S/C21H24O4/c22-20(18-12-6-4-7-13-18)24-16-10-2-1-3-11-17-25-21(23)19-14-8-5-9-15-19/h4-9,12-15H,1-3,10-11,16-17H2. The molecule has 0 aliphatic rings. The molecule has 0 aromatic heterocycles. The fourth-order valence-corrected chi connectivity index (χ4v) is 2.38. The molecule has 0 saturated heterocycles. The van der Waals surface area contributed by atoms with Gasteiger partial charge < -0.3 is 9.47 Å². The Kier molecular flexibility index (Phi) is 8.25. The normalized spacial score (nSPS) is 10.2. The van der Waals surface area contributed by atoms with Gasteiger partial charge in [-0.25, -0.2) is 9.59 Å². The van der Waals surface area contributed by atoms with Crippen LogP contribution in [0.25, 0.3) is 0 Å². The van der Waals surface area contributed by atoms with Crippen LogP contribution in [-0.4, -0.2) is 25.2 Å². The van der Waals surface area contributed by atoms with E-state index < -0.39 is 0 Å². The molecule has 132 valence electrons. The Labute approximate surface area is 148 Å². The van der Waals surface area contributed by atoms with Crippen LogP contribution >= 0.6 is 0 Å². The number of hydrogen-bond acceptors (Lipinski definition) is 4. The van der Waals surface area contributed by atoms with E-state index in [1.54, 1.807) is 24.3 Å². The van der Waals surface area contributed by atoms with Gasteiger partial charge >= 0.3 is 11.9 Å². The van der Waals surface area contributed by atoms with Gasteiger partial charge in [0.2, 0.25) is 0 Å². The second kappa shape index (κ2) is 11.0. The molecule has 0 atom stereocenters. The molecule has 4 heteroatoms. The molecule has 0 spiro atoms. The van der Waals surface area contributed by atoms with Crippen LogP contribution in [0.5, 0.6) is 0 Å². The maximum absolute atomic E-state index is 11.7. The molecule has 0 unspecified atom stereocenters. The number of carbonyl (C=O) groups excluding carboxylic acids is 2. The summed E-state index contributed by atoms with van der Waals surface area (Å²) in [4.78, 5) is 23.5. The van der Waals surface area contributed by atoms with Crippen molar-refractivity contribution in [2.75, 3.05) is 13.2 Å². The first-order valence-corrected chi connectivity index (χ1v) is 8.72. The van der Waals surface area contributed by atoms with Gasteiger partial charge in [-0.15, -0.1) is 0 Å². The first-order chi connectivity index (χ1) is 12.3. The summed E-state index contributed by atoms with van der Waals surface area (Å²) in [6.07, 6.45) is 4.72. The van der Waals surface area contributed by atoms with Gasteiger partial charge in [-0.2, -0.15) is 0 Å². The lowest BCUT2D eigenvalue weighted by Gasteiger charge is -2.06. The molecule has 0 heterocycles. The third kappa shape index (κ3) is 7.21. The summed E-state index contributed by atoms with van der Waals surface area (Å²) in [7, 11) is 0. The number of unbranched alkanes of at least 4 members (excludes halogenated alkanes) is 4. The smallest absolute Gasteiger partial charge is 0.338 e. The first kappa shape index (κ1) is 18.7. The third-order valence-electron chi connectivity index (χ3n) is 3.77. The molecule has 25 heavy (non-hydrogen) atoms. The van der Waals surface area contributed by atoms with Crippen LogP contribution < -0.4 is 0 Å². The Morgan fingerprint density at radius 1 is 0.560 bits per heavy atom. The highest BCUT2D eigenvalue weighted by atomic mass is 16.5. The predicted octanol–water partition coefficient (Wildman–Crippen LogP) is 4.65. The van der Waals surface area contributed by atoms with Crippen LogP contribution in [0, 0.1) is 0 Å². The minimum Gasteiger partial charge on any atom is -0.462 e. The van der Waals surface area contributed by atoms with E-state index in [0.717, 1.165) is 32.1 Å². The molecular weight excluding hydrogens is 316 g/mol. The second-order valence-electron chi connectivity index (χ2n) is 5.77. The van der Waals surface area contributed by atoms with E-state index >= 15 is 0 Å². The predicted molar refractivity (Wildman–Crippen MR) is 96.5 cm³/mol. The Balaban J connectivity index is 1.45. The van der Waals surface area contributed by atoms with E-state index in [9.17, 15) is 9.59 Å². The summed E-state index contributed by atoms with van der Waals surface area (Å²) >= 11 is 0. The highest BCUT2D eigenvalue weighted by Gasteiger charge is 2.06. The fraction of sp³-hybridized carbons (Fsp3) is 0.333. The average molecular weight is 340 g/mol. The maximum Gasteiger partial charge on any atom is 0.338 e. The summed E-state index contributed by atoms with van der Waals surface area (Å²) < 4.78 is 10.5. The molecular formula is C21H24O4. The Morgan fingerprint density at radius 3 is 1.32 bits per heavy atom. The maximum atomic E-state index is 11.7. The van der Waals surface area contributed by atoms with Gasteiger partial charge in [-0.05, 0) is 37.1 Å². The fourth-order valence-electron chi connectivity index (χ4n) is 2.38. The van der Waals surface area contributed by atoms with Gasteiger partial charge in [0.05, 0.1) is 24.3 Å². The molecule has 0 fully saturated rings. The molecule has 2 aromatic rings. The van der Waals surface area contributed by atoms with Gasteiger partial charge in [0.25, 0.3) is 0 Å². The van der Waals surface area contributed by atoms with Crippen molar-refractivity contribution < 1.29 is 19.1 Å². The van der Waals surface area contributed by atoms with Crippen LogP contribution in [0.1, 0.15) is 52.8 Å². The van der Waals surface area contributed by atoms with Crippen molar-refractivity contribution in [3.8, 4) is 0 Å². The van der Waals surface area contributed by atoms with Crippen molar-refractivity contribution in [3.05, 3.63) is 71.8 Å². The van der Waals surface area contributed by atoms with E-state index in [1.165, 1.54) is 0 Å². The van der Waals surface area contributed by atoms with Crippen molar-refractivity contribution in [1.29, 1.82) is 0 Å². The number of benzene rings is 2. The van der Waals surface area contributed by atoms with Crippen molar-refractivity contribution in [2.24, 2.45) is 0 Å². The zero-order valence-electron chi connectivity index (χ0n) is 14.4. The molecule has 0 aliphatic carbocycles. The zero-order chi connectivity index (χ0) is 17.7. The third-order valence-corrected chi connectivity index (χ3v) is 3.77. The molecule has 0 amide bonds. The number of ether oxygens (including phenoxy) is 2. The van der Waals surface area contributed by atoms with E-state index in [-0.39, 0.29) is 11.9 Å². The molecule has 2 aromatic carbocycles. The Bertz CT molecular complexity index is 580. The van der Waals surface area contributed by atoms with Gasteiger partial charge in [-0.3, -0.25) is 0 Å². The molecule has 2 rings (SSSR count). The van der Waals surface area contributed by atoms with Crippen LogP contribution in [0.2, 0.25) is 0 Å². The van der Waals surface area contributed by atoms with Crippen LogP contribution in [0.3, 0.4) is 0 Å². The lowest BCUT2D eigenvalue weighted by atomic mass is 10.1. The van der Waals surface area contributed by atoms with Crippen molar-refractivity contribution >= 4 is 11.9 Å². The van der Waals surface area contributed by atoms with E-state index in [1.807, 2.05) is 36.4 Å². The van der Waals surface area contributed by atoms with Crippen LogP contribution in [-0.2, 0) is 9.47 Å². The monoisotopic (exact) mass is 340 g/mol. The Morgan fingerprint density at radius 2 is 0.920 bits per heavy atom. The van der Waals surface area contributed by atoms with Crippen LogP contribution in [0.4, 0.5) is 0 Å². The Hall–Kier alpha value is -2.62. The van der Waals surface area contributed by atoms with Gasteiger partial charge in [-0.1, -0.05) is 55.7 Å². The number of esters is 2. The quantitative estimate of drug-likeness (QED) is 0.466.